The van der Waals surface area contributed by atoms with Crippen LogP contribution in [0.5, 0.6) is 0 Å². The molecular formula is C13H10ClF3N6. The van der Waals surface area contributed by atoms with Gasteiger partial charge in [-0.3, -0.25) is 0 Å². The highest BCUT2D eigenvalue weighted by atomic mass is 35.5. The molecule has 120 valence electrons. The third kappa shape index (κ3) is 3.81. The Kier molecular flexibility index (Phi) is 3.95. The number of benzene rings is 1. The molecule has 3 aromatic rings. The first-order chi connectivity index (χ1) is 10.9. The van der Waals surface area contributed by atoms with Gasteiger partial charge in [0.25, 0.3) is 0 Å². The number of rotatable bonds is 4. The highest BCUT2D eigenvalue weighted by Gasteiger charge is 2.27. The molecule has 0 atom stereocenters. The largest absolute Gasteiger partial charge is 0.405 e. The number of fused-ring (bicyclic) bond motifs is 1. The van der Waals surface area contributed by atoms with E-state index in [-0.39, 0.29) is 17.4 Å². The maximum absolute atomic E-state index is 12.4. The van der Waals surface area contributed by atoms with Crippen LogP contribution in [0.2, 0.25) is 5.02 Å². The minimum Gasteiger partial charge on any atom is -0.359 e. The Bertz CT molecular complexity index is 832. The van der Waals surface area contributed by atoms with E-state index < -0.39 is 12.7 Å². The highest BCUT2D eigenvalue weighted by molar-refractivity contribution is 6.30. The predicted octanol–water partition coefficient (Wildman–Crippen LogP) is 3.72. The van der Waals surface area contributed by atoms with Crippen LogP contribution in [0, 0.1) is 0 Å². The Morgan fingerprint density at radius 1 is 1.22 bits per heavy atom. The molecule has 23 heavy (non-hydrogen) atoms. The van der Waals surface area contributed by atoms with Gasteiger partial charge < -0.3 is 15.6 Å². The van der Waals surface area contributed by atoms with Gasteiger partial charge in [-0.1, -0.05) is 17.7 Å². The van der Waals surface area contributed by atoms with Gasteiger partial charge in [0.15, 0.2) is 11.5 Å². The molecule has 0 bridgehead atoms. The van der Waals surface area contributed by atoms with Crippen molar-refractivity contribution in [2.24, 2.45) is 0 Å². The third-order valence-corrected chi connectivity index (χ3v) is 3.06. The van der Waals surface area contributed by atoms with Gasteiger partial charge in [-0.15, -0.1) is 0 Å². The molecule has 0 saturated carbocycles. The molecule has 2 aromatic heterocycles. The summed E-state index contributed by atoms with van der Waals surface area (Å²) >= 11 is 5.88. The van der Waals surface area contributed by atoms with Crippen LogP contribution < -0.4 is 10.6 Å². The smallest absolute Gasteiger partial charge is 0.359 e. The van der Waals surface area contributed by atoms with Crippen molar-refractivity contribution in [2.45, 2.75) is 6.18 Å². The molecule has 6 nitrogen and oxygen atoms in total. The van der Waals surface area contributed by atoms with Gasteiger partial charge in [0.05, 0.1) is 6.33 Å². The summed E-state index contributed by atoms with van der Waals surface area (Å²) in [6.07, 6.45) is -3.03. The lowest BCUT2D eigenvalue weighted by Gasteiger charge is -2.11. The molecule has 0 radical (unpaired) electrons. The monoisotopic (exact) mass is 342 g/mol. The van der Waals surface area contributed by atoms with Crippen molar-refractivity contribution in [3.63, 3.8) is 0 Å². The zero-order valence-electron chi connectivity index (χ0n) is 11.4. The molecular weight excluding hydrogens is 333 g/mol. The third-order valence-electron chi connectivity index (χ3n) is 2.82. The standard InChI is InChI=1S/C13H10ClF3N6/c14-7-2-1-3-8(4-7)21-12-22-10(18-5-13(15,16)17)9-11(23-12)20-6-19-9/h1-4,6H,5H2,(H3,18,19,20,21,22,23). The first kappa shape index (κ1) is 15.3. The molecule has 1 aromatic carbocycles. The summed E-state index contributed by atoms with van der Waals surface area (Å²) < 4.78 is 37.2. The molecule has 10 heteroatoms. The quantitative estimate of drug-likeness (QED) is 0.673. The fourth-order valence-electron chi connectivity index (χ4n) is 1.90. The van der Waals surface area contributed by atoms with Crippen LogP contribution in [-0.4, -0.2) is 32.7 Å². The van der Waals surface area contributed by atoms with Gasteiger partial charge >= 0.3 is 6.18 Å². The van der Waals surface area contributed by atoms with Gasteiger partial charge in [-0.05, 0) is 18.2 Å². The molecule has 0 aliphatic carbocycles. The van der Waals surface area contributed by atoms with E-state index in [4.69, 9.17) is 11.6 Å². The lowest BCUT2D eigenvalue weighted by Crippen LogP contribution is -2.22. The van der Waals surface area contributed by atoms with Crippen molar-refractivity contribution in [1.82, 2.24) is 19.9 Å². The van der Waals surface area contributed by atoms with E-state index in [1.165, 1.54) is 6.33 Å². The molecule has 0 unspecified atom stereocenters. The number of alkyl halides is 3. The lowest BCUT2D eigenvalue weighted by atomic mass is 10.3. The summed E-state index contributed by atoms with van der Waals surface area (Å²) in [6.45, 7) is -1.21. The fraction of sp³-hybridized carbons (Fsp3) is 0.154. The van der Waals surface area contributed by atoms with Crippen molar-refractivity contribution < 1.29 is 13.2 Å². The van der Waals surface area contributed by atoms with E-state index in [0.717, 1.165) is 0 Å². The Morgan fingerprint density at radius 2 is 2.04 bits per heavy atom. The Hall–Kier alpha value is -2.55. The van der Waals surface area contributed by atoms with Crippen molar-refractivity contribution in [3.05, 3.63) is 35.6 Å². The number of aromatic amines is 1. The van der Waals surface area contributed by atoms with Gasteiger partial charge in [0.2, 0.25) is 5.95 Å². The van der Waals surface area contributed by atoms with E-state index in [1.807, 2.05) is 0 Å². The molecule has 0 amide bonds. The van der Waals surface area contributed by atoms with Crippen molar-refractivity contribution >= 4 is 40.2 Å². The molecule has 3 rings (SSSR count). The summed E-state index contributed by atoms with van der Waals surface area (Å²) in [7, 11) is 0. The number of halogens is 4. The topological polar surface area (TPSA) is 78.5 Å². The van der Waals surface area contributed by atoms with Gasteiger partial charge in [-0.25, -0.2) is 4.98 Å². The number of nitrogens with one attached hydrogen (secondary N) is 3. The zero-order valence-corrected chi connectivity index (χ0v) is 12.2. The van der Waals surface area contributed by atoms with Gasteiger partial charge in [-0.2, -0.15) is 23.1 Å². The van der Waals surface area contributed by atoms with E-state index in [1.54, 1.807) is 24.3 Å². The van der Waals surface area contributed by atoms with Crippen LogP contribution in [0.3, 0.4) is 0 Å². The molecule has 3 N–H and O–H groups in total. The number of nitrogens with zero attached hydrogens (tertiary/aromatic N) is 3. The summed E-state index contributed by atoms with van der Waals surface area (Å²) in [5.41, 5.74) is 1.15. The van der Waals surface area contributed by atoms with Crippen molar-refractivity contribution in [1.29, 1.82) is 0 Å². The predicted molar refractivity (Wildman–Crippen MR) is 81.0 cm³/mol. The first-order valence-electron chi connectivity index (χ1n) is 6.45. The molecule has 2 heterocycles. The second-order valence-electron chi connectivity index (χ2n) is 4.60. The minimum absolute atomic E-state index is 0.00866. The maximum atomic E-state index is 12.4. The van der Waals surface area contributed by atoms with Crippen LogP contribution in [0.25, 0.3) is 11.2 Å². The highest BCUT2D eigenvalue weighted by Crippen LogP contribution is 2.24. The van der Waals surface area contributed by atoms with E-state index in [9.17, 15) is 13.2 Å². The van der Waals surface area contributed by atoms with E-state index in [2.05, 4.69) is 30.6 Å². The number of anilines is 3. The summed E-state index contributed by atoms with van der Waals surface area (Å²) in [5, 5.41) is 5.63. The van der Waals surface area contributed by atoms with Crippen LogP contribution in [0.15, 0.2) is 30.6 Å². The Morgan fingerprint density at radius 3 is 2.78 bits per heavy atom. The van der Waals surface area contributed by atoms with E-state index in [0.29, 0.717) is 16.2 Å². The SMILES string of the molecule is FC(F)(F)CNc1nc(Nc2cccc(Cl)c2)nc2nc[nH]c12. The second-order valence-corrected chi connectivity index (χ2v) is 5.04. The number of H-pyrrole nitrogens is 1. The maximum Gasteiger partial charge on any atom is 0.405 e. The van der Waals surface area contributed by atoms with Crippen molar-refractivity contribution in [3.8, 4) is 0 Å². The second kappa shape index (κ2) is 5.92. The summed E-state index contributed by atoms with van der Waals surface area (Å²) in [6, 6.07) is 6.79. The minimum atomic E-state index is -4.36. The molecule has 0 aliphatic rings. The van der Waals surface area contributed by atoms with Crippen LogP contribution in [-0.2, 0) is 0 Å². The summed E-state index contributed by atoms with van der Waals surface area (Å²) in [5.74, 6) is 0.117. The number of aromatic nitrogens is 4. The summed E-state index contributed by atoms with van der Waals surface area (Å²) in [4.78, 5) is 14.8. The van der Waals surface area contributed by atoms with Crippen LogP contribution in [0.1, 0.15) is 0 Å². The van der Waals surface area contributed by atoms with Gasteiger partial charge in [0, 0.05) is 10.7 Å². The average molecular weight is 343 g/mol. The first-order valence-corrected chi connectivity index (χ1v) is 6.83. The fourth-order valence-corrected chi connectivity index (χ4v) is 2.09. The molecule has 0 saturated heterocycles. The Labute approximate surface area is 133 Å². The van der Waals surface area contributed by atoms with Crippen molar-refractivity contribution in [2.75, 3.05) is 17.2 Å². The Balaban J connectivity index is 1.92. The van der Waals surface area contributed by atoms with Crippen LogP contribution in [0.4, 0.5) is 30.6 Å². The number of imidazole rings is 1. The number of hydrogen-bond acceptors (Lipinski definition) is 5. The number of hydrogen-bond donors (Lipinski definition) is 3. The molecule has 0 spiro atoms. The zero-order chi connectivity index (χ0) is 16.4. The lowest BCUT2D eigenvalue weighted by molar-refractivity contribution is -0.115. The van der Waals surface area contributed by atoms with E-state index >= 15 is 0 Å². The molecule has 0 fully saturated rings. The van der Waals surface area contributed by atoms with Crippen LogP contribution >= 0.6 is 11.6 Å². The molecule has 0 aliphatic heterocycles. The average Bonchev–Trinajstić information content (AvgIpc) is 2.92. The normalized spacial score (nSPS) is 11.7. The van der Waals surface area contributed by atoms with Gasteiger partial charge in [0.1, 0.15) is 12.1 Å².